The molecule has 1 saturated heterocycles. The standard InChI is InChI=1S/C10H22N2O/c1-5-13-10(3)12-7-6-11(4)8-9(12)2/h9-10H,5-8H2,1-4H3. The molecule has 3 nitrogen and oxygen atoms in total. The lowest BCUT2D eigenvalue weighted by molar-refractivity contribution is -0.0800. The van der Waals surface area contributed by atoms with Crippen molar-refractivity contribution in [2.45, 2.75) is 33.0 Å². The van der Waals surface area contributed by atoms with Gasteiger partial charge in [0, 0.05) is 32.3 Å². The van der Waals surface area contributed by atoms with Crippen LogP contribution >= 0.6 is 0 Å². The number of piperazine rings is 1. The van der Waals surface area contributed by atoms with Gasteiger partial charge in [-0.2, -0.15) is 0 Å². The molecule has 0 bridgehead atoms. The lowest BCUT2D eigenvalue weighted by atomic mass is 10.2. The van der Waals surface area contributed by atoms with Crippen LogP contribution in [0.15, 0.2) is 0 Å². The zero-order valence-electron chi connectivity index (χ0n) is 9.29. The van der Waals surface area contributed by atoms with E-state index in [0.717, 1.165) is 26.2 Å². The second-order valence-electron chi connectivity index (χ2n) is 3.90. The van der Waals surface area contributed by atoms with E-state index in [1.807, 2.05) is 0 Å². The van der Waals surface area contributed by atoms with Gasteiger partial charge in [-0.05, 0) is 27.8 Å². The lowest BCUT2D eigenvalue weighted by Gasteiger charge is -2.41. The van der Waals surface area contributed by atoms with Crippen LogP contribution in [0.2, 0.25) is 0 Å². The Morgan fingerprint density at radius 1 is 1.46 bits per heavy atom. The van der Waals surface area contributed by atoms with Crippen molar-refractivity contribution in [1.29, 1.82) is 0 Å². The van der Waals surface area contributed by atoms with Gasteiger partial charge in [0.15, 0.2) is 0 Å². The van der Waals surface area contributed by atoms with Gasteiger partial charge in [-0.15, -0.1) is 0 Å². The van der Waals surface area contributed by atoms with Gasteiger partial charge in [0.25, 0.3) is 0 Å². The molecule has 1 fully saturated rings. The third-order valence-electron chi connectivity index (χ3n) is 2.76. The fourth-order valence-corrected chi connectivity index (χ4v) is 2.03. The first-order valence-electron chi connectivity index (χ1n) is 5.21. The smallest absolute Gasteiger partial charge is 0.108 e. The van der Waals surface area contributed by atoms with Crippen LogP contribution in [0.3, 0.4) is 0 Å². The van der Waals surface area contributed by atoms with Crippen molar-refractivity contribution < 1.29 is 4.74 Å². The van der Waals surface area contributed by atoms with Crippen molar-refractivity contribution in [3.63, 3.8) is 0 Å². The minimum absolute atomic E-state index is 0.272. The SMILES string of the molecule is CCOC(C)N1CCN(C)CC1C. The van der Waals surface area contributed by atoms with Crippen molar-refractivity contribution in [1.82, 2.24) is 9.80 Å². The van der Waals surface area contributed by atoms with Gasteiger partial charge in [0.05, 0.1) is 0 Å². The Morgan fingerprint density at radius 3 is 2.69 bits per heavy atom. The number of rotatable bonds is 3. The van der Waals surface area contributed by atoms with Gasteiger partial charge in [-0.1, -0.05) is 0 Å². The molecule has 0 radical (unpaired) electrons. The monoisotopic (exact) mass is 186 g/mol. The topological polar surface area (TPSA) is 15.7 Å². The summed E-state index contributed by atoms with van der Waals surface area (Å²) in [5.74, 6) is 0. The summed E-state index contributed by atoms with van der Waals surface area (Å²) in [5.41, 5.74) is 0. The van der Waals surface area contributed by atoms with E-state index in [4.69, 9.17) is 4.74 Å². The predicted octanol–water partition coefficient (Wildman–Crippen LogP) is 1.00. The highest BCUT2D eigenvalue weighted by Crippen LogP contribution is 2.12. The van der Waals surface area contributed by atoms with Crippen LogP contribution in [0, 0.1) is 0 Å². The third kappa shape index (κ3) is 2.93. The molecular formula is C10H22N2O. The Labute approximate surface area is 81.7 Å². The minimum Gasteiger partial charge on any atom is -0.364 e. The van der Waals surface area contributed by atoms with Crippen LogP contribution in [-0.4, -0.2) is 55.4 Å². The average Bonchev–Trinajstić information content (AvgIpc) is 2.04. The van der Waals surface area contributed by atoms with Crippen molar-refractivity contribution in [3.8, 4) is 0 Å². The molecule has 0 aliphatic carbocycles. The molecule has 2 unspecified atom stereocenters. The van der Waals surface area contributed by atoms with E-state index in [1.165, 1.54) is 0 Å². The van der Waals surface area contributed by atoms with E-state index in [1.54, 1.807) is 0 Å². The van der Waals surface area contributed by atoms with Crippen molar-refractivity contribution in [2.24, 2.45) is 0 Å². The second kappa shape index (κ2) is 4.94. The molecule has 0 spiro atoms. The first-order chi connectivity index (χ1) is 6.15. The largest absolute Gasteiger partial charge is 0.364 e. The van der Waals surface area contributed by atoms with Gasteiger partial charge >= 0.3 is 0 Å². The summed E-state index contributed by atoms with van der Waals surface area (Å²) in [4.78, 5) is 4.81. The Hall–Kier alpha value is -0.120. The Kier molecular flexibility index (Phi) is 4.16. The molecule has 0 amide bonds. The van der Waals surface area contributed by atoms with Gasteiger partial charge in [0.1, 0.15) is 6.23 Å². The molecule has 0 N–H and O–H groups in total. The Bertz CT molecular complexity index is 148. The van der Waals surface area contributed by atoms with Crippen molar-refractivity contribution >= 4 is 0 Å². The van der Waals surface area contributed by atoms with Gasteiger partial charge < -0.3 is 9.64 Å². The van der Waals surface area contributed by atoms with Gasteiger partial charge in [-0.3, -0.25) is 4.90 Å². The number of hydrogen-bond donors (Lipinski definition) is 0. The van der Waals surface area contributed by atoms with Crippen LogP contribution in [0.5, 0.6) is 0 Å². The van der Waals surface area contributed by atoms with Crippen LogP contribution in [0.4, 0.5) is 0 Å². The molecule has 1 aliphatic rings. The maximum atomic E-state index is 5.59. The number of hydrogen-bond acceptors (Lipinski definition) is 3. The normalized spacial score (nSPS) is 29.1. The lowest BCUT2D eigenvalue weighted by Crippen LogP contribution is -2.54. The van der Waals surface area contributed by atoms with Gasteiger partial charge in [0.2, 0.25) is 0 Å². The molecule has 1 heterocycles. The first kappa shape index (κ1) is 11.0. The molecule has 1 aliphatic heterocycles. The zero-order valence-corrected chi connectivity index (χ0v) is 9.29. The van der Waals surface area contributed by atoms with Crippen molar-refractivity contribution in [3.05, 3.63) is 0 Å². The maximum absolute atomic E-state index is 5.59. The highest BCUT2D eigenvalue weighted by atomic mass is 16.5. The molecule has 0 aromatic heterocycles. The molecule has 3 heteroatoms. The van der Waals surface area contributed by atoms with Crippen LogP contribution in [0.25, 0.3) is 0 Å². The number of likely N-dealkylation sites (N-methyl/N-ethyl adjacent to an activating group) is 1. The summed E-state index contributed by atoms with van der Waals surface area (Å²) in [5, 5.41) is 0. The number of nitrogens with zero attached hydrogens (tertiary/aromatic N) is 2. The first-order valence-corrected chi connectivity index (χ1v) is 5.21. The predicted molar refractivity (Wildman–Crippen MR) is 54.8 cm³/mol. The summed E-state index contributed by atoms with van der Waals surface area (Å²) in [7, 11) is 2.18. The number of ether oxygens (including phenoxy) is 1. The zero-order chi connectivity index (χ0) is 9.84. The van der Waals surface area contributed by atoms with Gasteiger partial charge in [-0.25, -0.2) is 0 Å². The second-order valence-corrected chi connectivity index (χ2v) is 3.90. The fourth-order valence-electron chi connectivity index (χ4n) is 2.03. The van der Waals surface area contributed by atoms with E-state index in [2.05, 4.69) is 37.6 Å². The highest BCUT2D eigenvalue weighted by Gasteiger charge is 2.25. The molecule has 13 heavy (non-hydrogen) atoms. The summed E-state index contributed by atoms with van der Waals surface area (Å²) >= 11 is 0. The molecule has 2 atom stereocenters. The van der Waals surface area contributed by atoms with E-state index >= 15 is 0 Å². The van der Waals surface area contributed by atoms with E-state index < -0.39 is 0 Å². The van der Waals surface area contributed by atoms with Crippen LogP contribution in [0.1, 0.15) is 20.8 Å². The quantitative estimate of drug-likeness (QED) is 0.654. The van der Waals surface area contributed by atoms with E-state index in [9.17, 15) is 0 Å². The fraction of sp³-hybridized carbons (Fsp3) is 1.00. The summed E-state index contributed by atoms with van der Waals surface area (Å²) in [6.07, 6.45) is 0.272. The molecular weight excluding hydrogens is 164 g/mol. The maximum Gasteiger partial charge on any atom is 0.108 e. The summed E-state index contributed by atoms with van der Waals surface area (Å²) < 4.78 is 5.59. The van der Waals surface area contributed by atoms with E-state index in [-0.39, 0.29) is 6.23 Å². The third-order valence-corrected chi connectivity index (χ3v) is 2.76. The summed E-state index contributed by atoms with van der Waals surface area (Å²) in [6.45, 7) is 10.7. The Balaban J connectivity index is 2.40. The van der Waals surface area contributed by atoms with Crippen LogP contribution in [-0.2, 0) is 4.74 Å². The molecule has 0 saturated carbocycles. The van der Waals surface area contributed by atoms with Crippen molar-refractivity contribution in [2.75, 3.05) is 33.3 Å². The van der Waals surface area contributed by atoms with E-state index in [0.29, 0.717) is 6.04 Å². The molecule has 0 aromatic rings. The summed E-state index contributed by atoms with van der Waals surface area (Å²) in [6, 6.07) is 0.611. The highest BCUT2D eigenvalue weighted by molar-refractivity contribution is 4.78. The Morgan fingerprint density at radius 2 is 2.15 bits per heavy atom. The van der Waals surface area contributed by atoms with Crippen LogP contribution < -0.4 is 0 Å². The minimum atomic E-state index is 0.272. The average molecular weight is 186 g/mol. The molecule has 1 rings (SSSR count). The molecule has 0 aromatic carbocycles. The molecule has 78 valence electrons.